The lowest BCUT2D eigenvalue weighted by atomic mass is 10.1. The number of anilines is 2. The highest BCUT2D eigenvalue weighted by atomic mass is 16.6. The monoisotopic (exact) mass is 618 g/mol. The number of hydrogen-bond acceptors (Lipinski definition) is 9. The van der Waals surface area contributed by atoms with Gasteiger partial charge in [0, 0.05) is 50.2 Å². The Kier molecular flexibility index (Phi) is 8.55. The molecule has 1 atom stereocenters. The van der Waals surface area contributed by atoms with E-state index in [9.17, 15) is 14.4 Å². The third-order valence-electron chi connectivity index (χ3n) is 8.70. The molecule has 0 radical (unpaired) electrons. The van der Waals surface area contributed by atoms with Gasteiger partial charge in [0.15, 0.2) is 0 Å². The van der Waals surface area contributed by atoms with Crippen LogP contribution in [0.4, 0.5) is 16.2 Å². The molecule has 2 aliphatic heterocycles. The Labute approximate surface area is 262 Å². The average Bonchev–Trinajstić information content (AvgIpc) is 3.70. The topological polar surface area (TPSA) is 127 Å². The van der Waals surface area contributed by atoms with Crippen molar-refractivity contribution in [1.29, 1.82) is 0 Å². The van der Waals surface area contributed by atoms with Crippen LogP contribution in [0.25, 0.3) is 16.6 Å². The van der Waals surface area contributed by atoms with Crippen molar-refractivity contribution >= 4 is 34.3 Å². The number of nitrogens with zero attached hydrogens (tertiary/aromatic N) is 4. The van der Waals surface area contributed by atoms with Crippen LogP contribution in [0.5, 0.6) is 0 Å². The number of carbonyl (C=O) groups excluding carboxylic acids is 2. The first-order valence-electron chi connectivity index (χ1n) is 15.6. The first-order chi connectivity index (χ1) is 21.6. The molecule has 2 N–H and O–H groups in total. The van der Waals surface area contributed by atoms with Gasteiger partial charge in [-0.25, -0.2) is 9.78 Å². The number of morpholine rings is 1. The van der Waals surface area contributed by atoms with E-state index in [0.717, 1.165) is 50.1 Å². The molecule has 3 fully saturated rings. The number of alkyl carbamates (subject to hydrolysis) is 1. The summed E-state index contributed by atoms with van der Waals surface area (Å²) in [6.07, 6.45) is 3.52. The van der Waals surface area contributed by atoms with E-state index < -0.39 is 17.2 Å². The van der Waals surface area contributed by atoms with Gasteiger partial charge < -0.3 is 29.7 Å². The van der Waals surface area contributed by atoms with E-state index in [0.29, 0.717) is 48.6 Å². The first-order valence-corrected chi connectivity index (χ1v) is 15.6. The van der Waals surface area contributed by atoms with E-state index in [1.165, 1.54) is 10.9 Å². The van der Waals surface area contributed by atoms with Crippen molar-refractivity contribution in [3.63, 3.8) is 0 Å². The van der Waals surface area contributed by atoms with Gasteiger partial charge in [-0.3, -0.25) is 19.1 Å². The second-order valence-electron chi connectivity index (χ2n) is 13.1. The van der Waals surface area contributed by atoms with Gasteiger partial charge in [0.25, 0.3) is 5.56 Å². The van der Waals surface area contributed by atoms with Crippen LogP contribution < -0.4 is 21.1 Å². The van der Waals surface area contributed by atoms with Gasteiger partial charge >= 0.3 is 6.09 Å². The summed E-state index contributed by atoms with van der Waals surface area (Å²) in [6, 6.07) is 11.1. The number of hydrogen-bond donors (Lipinski definition) is 2. The molecule has 3 aromatic rings. The molecular formula is C33H42N6O6. The van der Waals surface area contributed by atoms with Crippen LogP contribution in [0.2, 0.25) is 0 Å². The summed E-state index contributed by atoms with van der Waals surface area (Å²) in [6.45, 7) is 9.97. The number of nitrogens with one attached hydrogen (secondary N) is 2. The van der Waals surface area contributed by atoms with Crippen LogP contribution in [0.1, 0.15) is 45.6 Å². The molecule has 12 heteroatoms. The largest absolute Gasteiger partial charge is 0.444 e. The van der Waals surface area contributed by atoms with Gasteiger partial charge in [0.1, 0.15) is 17.5 Å². The van der Waals surface area contributed by atoms with E-state index in [2.05, 4.69) is 25.4 Å². The standard InChI is InChI=1S/C33H42N6O6/c1-32(2,3)45-31(42)35-23-9-12-37(19-23)24-7-8-26-28(17-24)34-21-39(29(26)40)25-6-5-22(20-43-4)27(18-25)36-30(41)33(10-11-33)38-13-15-44-16-14-38/h5-8,17-18,21,23H,9-16,19-20H2,1-4H3,(H,35,42)(H,36,41)/t23-/m0/s1. The predicted molar refractivity (Wildman–Crippen MR) is 171 cm³/mol. The Morgan fingerprint density at radius 1 is 1.07 bits per heavy atom. The molecule has 1 aromatic heterocycles. The minimum absolute atomic E-state index is 0.0315. The number of rotatable bonds is 8. The molecule has 1 saturated carbocycles. The molecule has 2 aromatic carbocycles. The molecule has 240 valence electrons. The zero-order valence-corrected chi connectivity index (χ0v) is 26.4. The molecule has 3 heterocycles. The highest BCUT2D eigenvalue weighted by molar-refractivity contribution is 6.01. The van der Waals surface area contributed by atoms with Crippen molar-refractivity contribution in [2.75, 3.05) is 56.7 Å². The van der Waals surface area contributed by atoms with Crippen molar-refractivity contribution in [1.82, 2.24) is 19.8 Å². The Morgan fingerprint density at radius 3 is 2.53 bits per heavy atom. The smallest absolute Gasteiger partial charge is 0.407 e. The molecule has 1 aliphatic carbocycles. The summed E-state index contributed by atoms with van der Waals surface area (Å²) in [5.74, 6) is -0.0409. The number of amides is 2. The highest BCUT2D eigenvalue weighted by Gasteiger charge is 2.54. The van der Waals surface area contributed by atoms with Crippen LogP contribution >= 0.6 is 0 Å². The van der Waals surface area contributed by atoms with Crippen molar-refractivity contribution in [2.45, 2.75) is 63.8 Å². The number of carbonyl (C=O) groups is 2. The first kappa shape index (κ1) is 31.0. The van der Waals surface area contributed by atoms with Crippen LogP contribution in [0, 0.1) is 0 Å². The summed E-state index contributed by atoms with van der Waals surface area (Å²) >= 11 is 0. The lowest BCUT2D eigenvalue weighted by Crippen LogP contribution is -2.51. The predicted octanol–water partition coefficient (Wildman–Crippen LogP) is 3.44. The third kappa shape index (κ3) is 6.68. The molecule has 0 bridgehead atoms. The maximum absolute atomic E-state index is 13.7. The molecule has 2 saturated heterocycles. The molecule has 3 aliphatic rings. The zero-order chi connectivity index (χ0) is 31.8. The molecular weight excluding hydrogens is 576 g/mol. The third-order valence-corrected chi connectivity index (χ3v) is 8.70. The second kappa shape index (κ2) is 12.4. The molecule has 0 unspecified atom stereocenters. The van der Waals surface area contributed by atoms with Crippen LogP contribution in [0.15, 0.2) is 47.5 Å². The minimum Gasteiger partial charge on any atom is -0.444 e. The van der Waals surface area contributed by atoms with Crippen LogP contribution in [-0.2, 0) is 25.6 Å². The molecule has 6 rings (SSSR count). The summed E-state index contributed by atoms with van der Waals surface area (Å²) in [5, 5.41) is 6.59. The number of benzene rings is 2. The van der Waals surface area contributed by atoms with E-state index in [4.69, 9.17) is 14.2 Å². The molecule has 12 nitrogen and oxygen atoms in total. The maximum atomic E-state index is 13.7. The summed E-state index contributed by atoms with van der Waals surface area (Å²) in [4.78, 5) is 48.5. The maximum Gasteiger partial charge on any atom is 0.407 e. The fourth-order valence-electron chi connectivity index (χ4n) is 6.22. The fourth-order valence-corrected chi connectivity index (χ4v) is 6.22. The van der Waals surface area contributed by atoms with Crippen molar-refractivity contribution < 1.29 is 23.8 Å². The quantitative estimate of drug-likeness (QED) is 0.390. The lowest BCUT2D eigenvalue weighted by molar-refractivity contribution is -0.124. The highest BCUT2D eigenvalue weighted by Crippen LogP contribution is 2.43. The van der Waals surface area contributed by atoms with Crippen molar-refractivity contribution in [3.8, 4) is 5.69 Å². The van der Waals surface area contributed by atoms with Gasteiger partial charge in [0.2, 0.25) is 5.91 Å². The SMILES string of the molecule is COCc1ccc(-n2cnc3cc(N4CC[C@H](NC(=O)OC(C)(C)C)C4)ccc3c2=O)cc1NC(=O)C1(N2CCOCC2)CC1. The van der Waals surface area contributed by atoms with E-state index in [1.807, 2.05) is 51.1 Å². The molecule has 45 heavy (non-hydrogen) atoms. The van der Waals surface area contributed by atoms with Gasteiger partial charge in [-0.2, -0.15) is 0 Å². The van der Waals surface area contributed by atoms with Gasteiger partial charge in [-0.15, -0.1) is 0 Å². The Balaban J connectivity index is 1.20. The van der Waals surface area contributed by atoms with Gasteiger partial charge in [-0.1, -0.05) is 6.07 Å². The number of ether oxygens (including phenoxy) is 3. The fraction of sp³-hybridized carbons (Fsp3) is 0.515. The zero-order valence-electron chi connectivity index (χ0n) is 26.4. The minimum atomic E-state index is -0.552. The Bertz CT molecular complexity index is 1640. The van der Waals surface area contributed by atoms with Crippen LogP contribution in [-0.4, -0.2) is 90.1 Å². The molecule has 2 amide bonds. The Morgan fingerprint density at radius 2 is 1.82 bits per heavy atom. The average molecular weight is 619 g/mol. The summed E-state index contributed by atoms with van der Waals surface area (Å²) in [7, 11) is 1.61. The van der Waals surface area contributed by atoms with Gasteiger partial charge in [0.05, 0.1) is 42.5 Å². The van der Waals surface area contributed by atoms with Crippen LogP contribution in [0.3, 0.4) is 0 Å². The lowest BCUT2D eigenvalue weighted by Gasteiger charge is -2.34. The second-order valence-corrected chi connectivity index (χ2v) is 13.1. The van der Waals surface area contributed by atoms with Crippen molar-refractivity contribution in [3.05, 3.63) is 58.6 Å². The number of aromatic nitrogens is 2. The number of fused-ring (bicyclic) bond motifs is 1. The summed E-state index contributed by atoms with van der Waals surface area (Å²) < 4.78 is 17.8. The van der Waals surface area contributed by atoms with Gasteiger partial charge in [-0.05, 0) is 70.4 Å². The normalized spacial score (nSPS) is 19.8. The van der Waals surface area contributed by atoms with E-state index in [-0.39, 0.29) is 17.5 Å². The van der Waals surface area contributed by atoms with E-state index >= 15 is 0 Å². The number of methoxy groups -OCH3 is 1. The van der Waals surface area contributed by atoms with E-state index in [1.54, 1.807) is 13.2 Å². The molecule has 0 spiro atoms. The van der Waals surface area contributed by atoms with Crippen molar-refractivity contribution in [2.24, 2.45) is 0 Å². The Hall–Kier alpha value is -4.00. The summed E-state index contributed by atoms with van der Waals surface area (Å²) in [5.41, 5.74) is 2.29.